The number of amides is 1. The Labute approximate surface area is 443 Å². The first kappa shape index (κ1) is 59.1. The number of aliphatic hydroxyl groups excluding tert-OH is 4. The summed E-state index contributed by atoms with van der Waals surface area (Å²) in [6.07, 6.45) is 5.54. The number of likely N-dealkylation sites (N-methyl/N-ethyl adjacent to an activating group) is 1. The molecule has 9 atom stereocenters. The van der Waals surface area contributed by atoms with Crippen molar-refractivity contribution in [2.75, 3.05) is 64.6 Å². The van der Waals surface area contributed by atoms with E-state index in [2.05, 4.69) is 30.3 Å². The predicted octanol–water partition coefficient (Wildman–Crippen LogP) is 2.36. The van der Waals surface area contributed by atoms with E-state index in [0.29, 0.717) is 13.1 Å². The van der Waals surface area contributed by atoms with Crippen LogP contribution < -0.4 is 21.3 Å². The Morgan fingerprint density at radius 2 is 1.65 bits per heavy atom. The van der Waals surface area contributed by atoms with E-state index < -0.39 is 100 Å². The van der Waals surface area contributed by atoms with Gasteiger partial charge in [-0.3, -0.25) is 33.7 Å². The first-order valence-corrected chi connectivity index (χ1v) is 25.0. The number of hydrazone groups is 1. The molecule has 2 aromatic carbocycles. The van der Waals surface area contributed by atoms with Crippen molar-refractivity contribution in [3.05, 3.63) is 69.5 Å². The smallest absolute Gasteiger partial charge is 0.312 e. The number of nitrogens with zero attached hydrogens (tertiary/aromatic N) is 6. The number of rotatable bonds is 9. The molecule has 25 nitrogen and oxygen atoms in total. The quantitative estimate of drug-likeness (QED) is 0.0498. The van der Waals surface area contributed by atoms with Gasteiger partial charge in [-0.1, -0.05) is 45.9 Å². The van der Waals surface area contributed by atoms with Crippen LogP contribution in [0.5, 0.6) is 23.0 Å². The van der Waals surface area contributed by atoms with Crippen LogP contribution in [0.2, 0.25) is 0 Å². The van der Waals surface area contributed by atoms with Gasteiger partial charge in [0.1, 0.15) is 36.2 Å². The SMILES string of the molecule is CO[C@H]1/C=C/O[C@@]2(C)Oc3c(C)c(O)c4c(O)c(c(/C=N/N5CCN(C)CC5)c(O)c4c3C2=O)NC(=O)/C(C)=C\C=C\[C@H](C)[C@H](O)[C@@H](C)[C@@H](O)[C@@H](C)[C@H](OC(C)=O)[C@@H]1C.Nc1nc2c(ncn2COC(CO)CO)c(=O)[nH]1. The highest BCUT2D eigenvalue weighted by Gasteiger charge is 2.50. The number of aromatic nitrogens is 4. The van der Waals surface area contributed by atoms with Crippen molar-refractivity contribution in [2.24, 2.45) is 28.8 Å². The maximum Gasteiger partial charge on any atom is 0.312 e. The van der Waals surface area contributed by atoms with Gasteiger partial charge < -0.3 is 75.4 Å². The number of aromatic hydroxyl groups is 3. The lowest BCUT2D eigenvalue weighted by Crippen LogP contribution is -2.46. The molecule has 4 aliphatic heterocycles. The molecule has 6 heterocycles. The predicted molar refractivity (Wildman–Crippen MR) is 282 cm³/mol. The number of Topliss-reactive ketones (excluding diaryl/α,β-unsaturated/α-hetero) is 1. The fourth-order valence-corrected chi connectivity index (χ4v) is 9.34. The number of anilines is 2. The number of fused-ring (bicyclic) bond motifs is 15. The number of H-pyrrole nitrogens is 1. The number of hydrogen-bond donors (Lipinski definition) is 10. The van der Waals surface area contributed by atoms with Crippen molar-refractivity contribution in [1.82, 2.24) is 29.4 Å². The minimum Gasteiger partial charge on any atom is -0.507 e. The summed E-state index contributed by atoms with van der Waals surface area (Å²) in [5.41, 5.74) is 5.08. The molecule has 1 fully saturated rings. The molecule has 1 saturated heterocycles. The Balaban J connectivity index is 0.000000448. The molecule has 1 amide bonds. The van der Waals surface area contributed by atoms with Crippen molar-refractivity contribution in [1.29, 1.82) is 0 Å². The zero-order chi connectivity index (χ0) is 56.8. The second kappa shape index (κ2) is 24.9. The Kier molecular flexibility index (Phi) is 19.1. The maximum atomic E-state index is 14.4. The molecule has 5 bridgehead atoms. The zero-order valence-electron chi connectivity index (χ0n) is 44.8. The number of nitrogens with two attached hydrogens (primary N) is 1. The third-order valence-corrected chi connectivity index (χ3v) is 14.2. The number of aromatic amines is 1. The van der Waals surface area contributed by atoms with Gasteiger partial charge in [-0.15, -0.1) is 0 Å². The number of hydrogen-bond acceptors (Lipinski definition) is 22. The molecule has 11 N–H and O–H groups in total. The van der Waals surface area contributed by atoms with Gasteiger partial charge in [-0.05, 0) is 27.0 Å². The van der Waals surface area contributed by atoms with Gasteiger partial charge >= 0.3 is 11.8 Å². The topological polar surface area (TPSA) is 359 Å². The number of phenolic OH excluding ortho intramolecular Hbond substituents is 3. The van der Waals surface area contributed by atoms with E-state index >= 15 is 0 Å². The molecule has 25 heteroatoms. The molecular weight excluding hydrogens is 1010 g/mol. The van der Waals surface area contributed by atoms with Crippen LogP contribution in [0.25, 0.3) is 21.9 Å². The Morgan fingerprint density at radius 1 is 0.974 bits per heavy atom. The number of nitrogens with one attached hydrogen (secondary N) is 2. The fraction of sp³-hybridized carbons (Fsp3) is 0.519. The van der Waals surface area contributed by atoms with E-state index in [1.165, 1.54) is 70.3 Å². The largest absolute Gasteiger partial charge is 0.507 e. The van der Waals surface area contributed by atoms with Crippen molar-refractivity contribution < 1.29 is 73.8 Å². The Bertz CT molecular complexity index is 3000. The van der Waals surface area contributed by atoms with E-state index in [1.54, 1.807) is 44.9 Å². The van der Waals surface area contributed by atoms with Crippen LogP contribution in [-0.2, 0) is 35.3 Å². The molecular formula is C52H71N9O16. The number of esters is 1. The van der Waals surface area contributed by atoms with Gasteiger partial charge in [-0.25, -0.2) is 4.98 Å². The third-order valence-electron chi connectivity index (χ3n) is 14.2. The summed E-state index contributed by atoms with van der Waals surface area (Å²) in [7, 11) is 3.42. The lowest BCUT2D eigenvalue weighted by molar-refractivity contribution is -0.160. The number of ketones is 1. The molecule has 77 heavy (non-hydrogen) atoms. The van der Waals surface area contributed by atoms with E-state index in [9.17, 15) is 44.7 Å². The molecule has 420 valence electrons. The monoisotopic (exact) mass is 1080 g/mol. The summed E-state index contributed by atoms with van der Waals surface area (Å²) in [5.74, 6) is -8.36. The van der Waals surface area contributed by atoms with E-state index in [1.807, 2.05) is 7.05 Å². The lowest BCUT2D eigenvalue weighted by Gasteiger charge is -2.38. The fourth-order valence-electron chi connectivity index (χ4n) is 9.34. The molecule has 0 radical (unpaired) electrons. The molecule has 2 aromatic heterocycles. The van der Waals surface area contributed by atoms with Gasteiger partial charge in [-0.2, -0.15) is 10.1 Å². The normalized spacial score (nSPS) is 27.3. The Morgan fingerprint density at radius 3 is 2.29 bits per heavy atom. The van der Waals surface area contributed by atoms with Gasteiger partial charge in [0.2, 0.25) is 5.95 Å². The molecule has 0 unspecified atom stereocenters. The number of ether oxygens (including phenoxy) is 5. The zero-order valence-corrected chi connectivity index (χ0v) is 44.8. The molecule has 8 rings (SSSR count). The summed E-state index contributed by atoms with van der Waals surface area (Å²) in [5, 5.41) is 84.6. The number of carbonyl (C=O) groups is 3. The maximum absolute atomic E-state index is 14.4. The van der Waals surface area contributed by atoms with Crippen LogP contribution in [0, 0.1) is 30.6 Å². The van der Waals surface area contributed by atoms with Gasteiger partial charge in [0.25, 0.3) is 17.2 Å². The highest BCUT2D eigenvalue weighted by Crippen LogP contribution is 2.55. The number of aliphatic hydroxyl groups is 4. The highest BCUT2D eigenvalue weighted by molar-refractivity contribution is 6.23. The number of phenols is 3. The molecule has 0 spiro atoms. The van der Waals surface area contributed by atoms with Crippen molar-refractivity contribution in [3.63, 3.8) is 0 Å². The number of nitrogen functional groups attached to an aromatic ring is 1. The molecule has 4 aromatic rings. The molecule has 0 aliphatic carbocycles. The van der Waals surface area contributed by atoms with Crippen LogP contribution in [0.1, 0.15) is 70.0 Å². The van der Waals surface area contributed by atoms with Crippen LogP contribution in [0.3, 0.4) is 0 Å². The van der Waals surface area contributed by atoms with Crippen LogP contribution in [0.15, 0.2) is 52.4 Å². The first-order chi connectivity index (χ1) is 36.4. The lowest BCUT2D eigenvalue weighted by atomic mass is 9.78. The summed E-state index contributed by atoms with van der Waals surface area (Å²) in [6, 6.07) is 0. The summed E-state index contributed by atoms with van der Waals surface area (Å²) in [4.78, 5) is 64.3. The first-order valence-electron chi connectivity index (χ1n) is 25.0. The van der Waals surface area contributed by atoms with Crippen molar-refractivity contribution in [3.8, 4) is 23.0 Å². The average Bonchev–Trinajstić information content (AvgIpc) is 4.06. The molecule has 4 aliphatic rings. The summed E-state index contributed by atoms with van der Waals surface area (Å²) < 4.78 is 30.3. The molecule has 0 saturated carbocycles. The van der Waals surface area contributed by atoms with Gasteiger partial charge in [0.15, 0.2) is 16.9 Å². The number of imidazole rings is 1. The van der Waals surface area contributed by atoms with E-state index in [0.717, 1.165) is 13.1 Å². The van der Waals surface area contributed by atoms with Gasteiger partial charge in [0, 0.05) is 87.3 Å². The standard InChI is InChI=1S/C43H58N4O12.C9H13N5O4/c1-21-12-11-13-22(2)42(55)45-33-28(20-44-47-17-15-46(9)16-18-47)37(52)30-31(38(33)53)36(51)26(6)40-32(30)41(54)43(8,59-40)57-19-14-29(56-10)23(3)39(58-27(7)48)25(5)35(50)24(4)34(21)49;10-9-12-7-6(8(17)13-9)11-3-14(7)4-18-5(1-15)2-16/h11-14,19-21,23-25,29,34-35,39,49-53H,15-18H2,1-10H3,(H,45,55);3,5,15-16H,1-2,4H2,(H3,10,12,13,17)/b12-11+,19-14+,22-13-,44-20+;/t21-,23+,24+,25+,29-,34-,35+,39+,43-;/m0./s1. The van der Waals surface area contributed by atoms with E-state index in [4.69, 9.17) is 39.6 Å². The number of carbonyl (C=O) groups excluding carboxylic acids is 3. The van der Waals surface area contributed by atoms with E-state index in [-0.39, 0.29) is 81.5 Å². The summed E-state index contributed by atoms with van der Waals surface area (Å²) in [6.45, 7) is 14.5. The summed E-state index contributed by atoms with van der Waals surface area (Å²) >= 11 is 0. The average molecular weight is 1080 g/mol. The minimum atomic E-state index is -2.04. The second-order valence-corrected chi connectivity index (χ2v) is 19.7. The number of piperazine rings is 1. The number of benzene rings is 2. The van der Waals surface area contributed by atoms with Crippen LogP contribution in [-0.4, -0.2) is 179 Å². The van der Waals surface area contributed by atoms with Crippen molar-refractivity contribution >= 4 is 57.4 Å². The van der Waals surface area contributed by atoms with Crippen molar-refractivity contribution in [2.45, 2.75) is 98.4 Å². The third kappa shape index (κ3) is 12.7. The number of allylic oxidation sites excluding steroid dienone is 2. The highest BCUT2D eigenvalue weighted by atomic mass is 16.7. The van der Waals surface area contributed by atoms with Crippen LogP contribution in [0.4, 0.5) is 11.6 Å². The van der Waals surface area contributed by atoms with Crippen LogP contribution >= 0.6 is 0 Å². The Hall–Kier alpha value is -7.13. The van der Waals surface area contributed by atoms with Gasteiger partial charge in [0.05, 0.1) is 72.5 Å². The minimum absolute atomic E-state index is 0.00181. The second-order valence-electron chi connectivity index (χ2n) is 19.7. The number of methoxy groups -OCH3 is 1.